The van der Waals surface area contributed by atoms with Gasteiger partial charge >= 0.3 is 0 Å². The smallest absolute Gasteiger partial charge is 0.255 e. The summed E-state index contributed by atoms with van der Waals surface area (Å²) in [6.07, 6.45) is 3.89. The molecule has 3 rings (SSSR count). The number of hydrogen-bond acceptors (Lipinski definition) is 5. The molecule has 7 nitrogen and oxygen atoms in total. The molecule has 0 aliphatic carbocycles. The molecule has 0 atom stereocenters. The van der Waals surface area contributed by atoms with Crippen molar-refractivity contribution in [3.8, 4) is 11.5 Å². The Labute approximate surface area is 159 Å². The minimum atomic E-state index is -0.167. The maximum Gasteiger partial charge on any atom is 0.255 e. The fourth-order valence-electron chi connectivity index (χ4n) is 3.41. The van der Waals surface area contributed by atoms with Crippen molar-refractivity contribution in [2.75, 3.05) is 34.0 Å². The first kappa shape index (κ1) is 19.2. The maximum atomic E-state index is 12.6. The summed E-state index contributed by atoms with van der Waals surface area (Å²) < 4.78 is 18.1. The van der Waals surface area contributed by atoms with E-state index in [1.54, 1.807) is 32.4 Å². The maximum absolute atomic E-state index is 12.6. The van der Waals surface area contributed by atoms with Gasteiger partial charge in [0.1, 0.15) is 17.3 Å². The number of nitrogens with one attached hydrogen (secondary N) is 1. The van der Waals surface area contributed by atoms with Gasteiger partial charge < -0.3 is 24.1 Å². The summed E-state index contributed by atoms with van der Waals surface area (Å²) in [6, 6.07) is 5.17. The minimum absolute atomic E-state index is 0.167. The van der Waals surface area contributed by atoms with Crippen molar-refractivity contribution in [1.82, 2.24) is 14.9 Å². The first-order valence-corrected chi connectivity index (χ1v) is 9.24. The molecule has 7 heteroatoms. The van der Waals surface area contributed by atoms with Gasteiger partial charge in [-0.3, -0.25) is 4.79 Å². The van der Waals surface area contributed by atoms with E-state index in [1.165, 1.54) is 0 Å². The Hall–Kier alpha value is -2.54. The molecule has 2 heterocycles. The van der Waals surface area contributed by atoms with Crippen molar-refractivity contribution >= 4 is 5.91 Å². The number of aryl methyl sites for hydroxylation is 1. The van der Waals surface area contributed by atoms with Crippen molar-refractivity contribution in [2.24, 2.45) is 0 Å². The van der Waals surface area contributed by atoms with Gasteiger partial charge in [-0.15, -0.1) is 0 Å². The predicted molar refractivity (Wildman–Crippen MR) is 102 cm³/mol. The molecule has 1 aliphatic heterocycles. The Morgan fingerprint density at radius 3 is 2.78 bits per heavy atom. The van der Waals surface area contributed by atoms with Gasteiger partial charge in [0.15, 0.2) is 0 Å². The molecule has 1 fully saturated rings. The van der Waals surface area contributed by atoms with Crippen LogP contribution in [0.5, 0.6) is 11.5 Å². The largest absolute Gasteiger partial charge is 0.497 e. The highest BCUT2D eigenvalue weighted by Gasteiger charge is 2.21. The number of ether oxygens (including phenoxy) is 3. The zero-order valence-electron chi connectivity index (χ0n) is 16.2. The van der Waals surface area contributed by atoms with Gasteiger partial charge in [0.05, 0.1) is 19.8 Å². The zero-order chi connectivity index (χ0) is 19.2. The standard InChI is InChI=1S/C20H27N3O4/c1-14-13-22-19(15-6-10-27-11-7-15)23(14)9-8-21-20(24)17-5-4-16(25-2)12-18(17)26-3/h4-5,12-13,15H,6-11H2,1-3H3,(H,21,24). The topological polar surface area (TPSA) is 74.6 Å². The molecular weight excluding hydrogens is 346 g/mol. The minimum Gasteiger partial charge on any atom is -0.497 e. The van der Waals surface area contributed by atoms with E-state index in [0.29, 0.717) is 36.1 Å². The highest BCUT2D eigenvalue weighted by molar-refractivity contribution is 5.97. The molecule has 0 unspecified atom stereocenters. The molecule has 1 amide bonds. The lowest BCUT2D eigenvalue weighted by molar-refractivity contribution is 0.0827. The van der Waals surface area contributed by atoms with Gasteiger partial charge in [-0.2, -0.15) is 0 Å². The van der Waals surface area contributed by atoms with Gasteiger partial charge in [0, 0.05) is 50.2 Å². The Morgan fingerprint density at radius 1 is 1.30 bits per heavy atom. The summed E-state index contributed by atoms with van der Waals surface area (Å²) in [6.45, 7) is 4.81. The van der Waals surface area contributed by atoms with Crippen molar-refractivity contribution < 1.29 is 19.0 Å². The number of carbonyl (C=O) groups excluding carboxylic acids is 1. The summed E-state index contributed by atoms with van der Waals surface area (Å²) in [5.41, 5.74) is 1.60. The Bertz CT molecular complexity index is 782. The lowest BCUT2D eigenvalue weighted by Crippen LogP contribution is -2.29. The molecule has 146 valence electrons. The van der Waals surface area contributed by atoms with Crippen molar-refractivity contribution in [2.45, 2.75) is 32.2 Å². The second-order valence-electron chi connectivity index (χ2n) is 6.62. The third kappa shape index (κ3) is 4.42. The molecule has 1 saturated heterocycles. The molecule has 0 spiro atoms. The molecule has 0 radical (unpaired) electrons. The van der Waals surface area contributed by atoms with Gasteiger partial charge in [0.2, 0.25) is 0 Å². The van der Waals surface area contributed by atoms with E-state index in [2.05, 4.69) is 14.9 Å². The van der Waals surface area contributed by atoms with Crippen LogP contribution in [0.15, 0.2) is 24.4 Å². The third-order valence-electron chi connectivity index (χ3n) is 4.95. The summed E-state index contributed by atoms with van der Waals surface area (Å²) in [7, 11) is 3.12. The number of aromatic nitrogens is 2. The lowest BCUT2D eigenvalue weighted by atomic mass is 9.99. The molecule has 1 N–H and O–H groups in total. The molecule has 1 aromatic heterocycles. The molecule has 0 saturated carbocycles. The van der Waals surface area contributed by atoms with E-state index in [1.807, 2.05) is 13.1 Å². The number of nitrogens with zero attached hydrogens (tertiary/aromatic N) is 2. The van der Waals surface area contributed by atoms with Crippen LogP contribution in [-0.2, 0) is 11.3 Å². The average Bonchev–Trinajstić information content (AvgIpc) is 3.08. The zero-order valence-corrected chi connectivity index (χ0v) is 16.2. The van der Waals surface area contributed by atoms with Gasteiger partial charge in [-0.05, 0) is 31.9 Å². The SMILES string of the molecule is COc1ccc(C(=O)NCCn2c(C)cnc2C2CCOCC2)c(OC)c1. The summed E-state index contributed by atoms with van der Waals surface area (Å²) >= 11 is 0. The average molecular weight is 373 g/mol. The normalized spacial score (nSPS) is 14.8. The van der Waals surface area contributed by atoms with Crippen molar-refractivity contribution in [1.29, 1.82) is 0 Å². The van der Waals surface area contributed by atoms with Crippen LogP contribution >= 0.6 is 0 Å². The summed E-state index contributed by atoms with van der Waals surface area (Å²) in [5, 5.41) is 2.97. The quantitative estimate of drug-likeness (QED) is 0.807. The Kier molecular flexibility index (Phi) is 6.34. The van der Waals surface area contributed by atoms with E-state index >= 15 is 0 Å². The molecule has 2 aromatic rings. The van der Waals surface area contributed by atoms with Gasteiger partial charge in [-0.1, -0.05) is 0 Å². The van der Waals surface area contributed by atoms with Crippen molar-refractivity contribution in [3.63, 3.8) is 0 Å². The molecule has 1 aliphatic rings. The van der Waals surface area contributed by atoms with Crippen molar-refractivity contribution in [3.05, 3.63) is 41.5 Å². The number of imidazole rings is 1. The summed E-state index contributed by atoms with van der Waals surface area (Å²) in [5.74, 6) is 2.49. The fraction of sp³-hybridized carbons (Fsp3) is 0.500. The monoisotopic (exact) mass is 373 g/mol. The highest BCUT2D eigenvalue weighted by atomic mass is 16.5. The van der Waals surface area contributed by atoms with E-state index in [4.69, 9.17) is 14.2 Å². The number of rotatable bonds is 7. The van der Waals surface area contributed by atoms with Gasteiger partial charge in [0.25, 0.3) is 5.91 Å². The number of benzene rings is 1. The first-order valence-electron chi connectivity index (χ1n) is 9.24. The predicted octanol–water partition coefficient (Wildman–Crippen LogP) is 2.53. The molecule has 27 heavy (non-hydrogen) atoms. The van der Waals surface area contributed by atoms with Crippen LogP contribution in [0.25, 0.3) is 0 Å². The summed E-state index contributed by atoms with van der Waals surface area (Å²) in [4.78, 5) is 17.2. The second-order valence-corrected chi connectivity index (χ2v) is 6.62. The molecule has 0 bridgehead atoms. The van der Waals surface area contributed by atoms with Crippen LogP contribution in [0.2, 0.25) is 0 Å². The first-order chi connectivity index (χ1) is 13.1. The second kappa shape index (κ2) is 8.90. The molecular formula is C20H27N3O4. The van der Waals surface area contributed by atoms with E-state index in [0.717, 1.165) is 37.6 Å². The van der Waals surface area contributed by atoms with Crippen LogP contribution in [0.4, 0.5) is 0 Å². The van der Waals surface area contributed by atoms with Crippen LogP contribution in [-0.4, -0.2) is 49.4 Å². The fourth-order valence-corrected chi connectivity index (χ4v) is 3.41. The van der Waals surface area contributed by atoms with Gasteiger partial charge in [-0.25, -0.2) is 4.98 Å². The van der Waals surface area contributed by atoms with Crippen LogP contribution in [0.1, 0.15) is 40.6 Å². The van der Waals surface area contributed by atoms with Crippen LogP contribution in [0, 0.1) is 6.92 Å². The highest BCUT2D eigenvalue weighted by Crippen LogP contribution is 2.27. The van der Waals surface area contributed by atoms with E-state index in [9.17, 15) is 4.79 Å². The number of hydrogen-bond donors (Lipinski definition) is 1. The van der Waals surface area contributed by atoms with Crippen LogP contribution in [0.3, 0.4) is 0 Å². The number of carbonyl (C=O) groups is 1. The lowest BCUT2D eigenvalue weighted by Gasteiger charge is -2.23. The number of amides is 1. The number of methoxy groups -OCH3 is 2. The van der Waals surface area contributed by atoms with E-state index in [-0.39, 0.29) is 5.91 Å². The Balaban J connectivity index is 1.63. The Morgan fingerprint density at radius 2 is 2.07 bits per heavy atom. The molecule has 1 aromatic carbocycles. The third-order valence-corrected chi connectivity index (χ3v) is 4.95. The van der Waals surface area contributed by atoms with E-state index < -0.39 is 0 Å². The van der Waals surface area contributed by atoms with Crippen LogP contribution < -0.4 is 14.8 Å².